The number of esters is 1. The van der Waals surface area contributed by atoms with Gasteiger partial charge in [-0.25, -0.2) is 0 Å². The molecule has 2 N–H and O–H groups in total. The smallest absolute Gasteiger partial charge is 0.316 e. The predicted octanol–water partition coefficient (Wildman–Crippen LogP) is 3.98. The molecule has 0 saturated carbocycles. The molecule has 1 aliphatic carbocycles. The summed E-state index contributed by atoms with van der Waals surface area (Å²) < 4.78 is 4.96. The topological polar surface area (TPSA) is 70.7 Å². The molecule has 6 nitrogen and oxygen atoms in total. The third-order valence-electron chi connectivity index (χ3n) is 5.97. The molecule has 2 aliphatic rings. The number of nitrogens with one attached hydrogen (secondary N) is 2. The number of nitrogens with zero attached hydrogens (tertiary/aromatic N) is 1. The van der Waals surface area contributed by atoms with Crippen LogP contribution in [0, 0.1) is 11.8 Å². The maximum atomic E-state index is 13.6. The number of para-hydroxylation sites is 2. The van der Waals surface area contributed by atoms with E-state index in [0.717, 1.165) is 28.3 Å². The van der Waals surface area contributed by atoms with Crippen LogP contribution in [-0.2, 0) is 14.3 Å². The number of benzene rings is 2. The summed E-state index contributed by atoms with van der Waals surface area (Å²) in [6, 6.07) is 15.7. The van der Waals surface area contributed by atoms with Gasteiger partial charge in [-0.3, -0.25) is 9.59 Å². The fourth-order valence-electron chi connectivity index (χ4n) is 4.35. The summed E-state index contributed by atoms with van der Waals surface area (Å²) in [6.45, 7) is 1.93. The van der Waals surface area contributed by atoms with Crippen molar-refractivity contribution in [2.24, 2.45) is 11.8 Å². The number of Topliss-reactive ketones (excluding diaryl/α,β-unsaturated/α-hetero) is 1. The molecule has 4 rings (SSSR count). The Balaban J connectivity index is 1.84. The normalized spacial score (nSPS) is 22.8. The highest BCUT2D eigenvalue weighted by Gasteiger charge is 2.44. The summed E-state index contributed by atoms with van der Waals surface area (Å²) in [5, 5.41) is 7.00. The molecular formula is C24H27N3O3. The molecule has 3 atom stereocenters. The number of fused-ring (bicyclic) bond motifs is 1. The largest absolute Gasteiger partial charge is 0.468 e. The van der Waals surface area contributed by atoms with E-state index in [1.54, 1.807) is 0 Å². The fourth-order valence-corrected chi connectivity index (χ4v) is 4.35. The van der Waals surface area contributed by atoms with Crippen molar-refractivity contribution in [1.29, 1.82) is 0 Å². The number of hydrogen-bond donors (Lipinski definition) is 2. The van der Waals surface area contributed by atoms with Crippen molar-refractivity contribution in [2.75, 3.05) is 36.7 Å². The summed E-state index contributed by atoms with van der Waals surface area (Å²) >= 11 is 0. The lowest BCUT2D eigenvalue weighted by Crippen LogP contribution is -2.39. The van der Waals surface area contributed by atoms with Gasteiger partial charge in [-0.15, -0.1) is 0 Å². The molecule has 0 unspecified atom stereocenters. The van der Waals surface area contributed by atoms with Crippen LogP contribution >= 0.6 is 0 Å². The van der Waals surface area contributed by atoms with Gasteiger partial charge in [0.15, 0.2) is 5.78 Å². The van der Waals surface area contributed by atoms with E-state index in [1.807, 2.05) is 74.4 Å². The third-order valence-corrected chi connectivity index (χ3v) is 5.97. The van der Waals surface area contributed by atoms with E-state index < -0.39 is 11.9 Å². The summed E-state index contributed by atoms with van der Waals surface area (Å²) in [7, 11) is 5.32. The van der Waals surface area contributed by atoms with E-state index in [2.05, 4.69) is 10.6 Å². The van der Waals surface area contributed by atoms with E-state index in [1.165, 1.54) is 7.11 Å². The minimum Gasteiger partial charge on any atom is -0.468 e. The third kappa shape index (κ3) is 3.43. The highest BCUT2D eigenvalue weighted by molar-refractivity contribution is 6.11. The number of rotatable bonds is 3. The van der Waals surface area contributed by atoms with Crippen LogP contribution in [0.1, 0.15) is 24.9 Å². The molecule has 30 heavy (non-hydrogen) atoms. The molecule has 6 heteroatoms. The second-order valence-corrected chi connectivity index (χ2v) is 8.17. The summed E-state index contributed by atoms with van der Waals surface area (Å²) in [5.41, 5.74) is 5.37. The van der Waals surface area contributed by atoms with E-state index >= 15 is 0 Å². The number of ketones is 1. The Morgan fingerprint density at radius 2 is 1.73 bits per heavy atom. The van der Waals surface area contributed by atoms with Crippen LogP contribution in [-0.4, -0.2) is 33.0 Å². The van der Waals surface area contributed by atoms with E-state index in [-0.39, 0.29) is 17.7 Å². The zero-order chi connectivity index (χ0) is 21.4. The average molecular weight is 405 g/mol. The first-order chi connectivity index (χ1) is 14.4. The van der Waals surface area contributed by atoms with Crippen LogP contribution in [0.5, 0.6) is 0 Å². The summed E-state index contributed by atoms with van der Waals surface area (Å²) in [5.74, 6) is -1.58. The zero-order valence-corrected chi connectivity index (χ0v) is 17.7. The van der Waals surface area contributed by atoms with Crippen LogP contribution in [0.25, 0.3) is 0 Å². The molecule has 0 fully saturated rings. The molecule has 0 bridgehead atoms. The molecule has 156 valence electrons. The lowest BCUT2D eigenvalue weighted by Gasteiger charge is -2.32. The Kier molecular flexibility index (Phi) is 5.24. The highest BCUT2D eigenvalue weighted by Crippen LogP contribution is 2.43. The van der Waals surface area contributed by atoms with Crippen molar-refractivity contribution < 1.29 is 14.3 Å². The fraction of sp³-hybridized carbons (Fsp3) is 0.333. The van der Waals surface area contributed by atoms with Crippen LogP contribution in [0.3, 0.4) is 0 Å². The molecule has 2 aromatic carbocycles. The summed E-state index contributed by atoms with van der Waals surface area (Å²) in [6.07, 6.45) is 0.600. The Hall–Kier alpha value is -3.28. The average Bonchev–Trinajstić information content (AvgIpc) is 2.90. The number of allylic oxidation sites excluding steroid dienone is 1. The second-order valence-electron chi connectivity index (χ2n) is 8.17. The monoisotopic (exact) mass is 405 g/mol. The van der Waals surface area contributed by atoms with Gasteiger partial charge in [0, 0.05) is 31.1 Å². The number of anilines is 3. The molecule has 0 radical (unpaired) electrons. The molecule has 2 aromatic rings. The number of carbonyl (C=O) groups excluding carboxylic acids is 2. The van der Waals surface area contributed by atoms with Gasteiger partial charge in [-0.05, 0) is 42.2 Å². The van der Waals surface area contributed by atoms with Gasteiger partial charge in [0.2, 0.25) is 0 Å². The minimum absolute atomic E-state index is 0.141. The predicted molar refractivity (Wildman–Crippen MR) is 119 cm³/mol. The van der Waals surface area contributed by atoms with Gasteiger partial charge in [0.25, 0.3) is 0 Å². The Labute approximate surface area is 176 Å². The zero-order valence-electron chi connectivity index (χ0n) is 17.7. The van der Waals surface area contributed by atoms with Gasteiger partial charge in [0.1, 0.15) is 5.92 Å². The van der Waals surface area contributed by atoms with E-state index in [0.29, 0.717) is 12.0 Å². The molecule has 1 aliphatic heterocycles. The van der Waals surface area contributed by atoms with Gasteiger partial charge in [-0.2, -0.15) is 0 Å². The first-order valence-corrected chi connectivity index (χ1v) is 10.2. The van der Waals surface area contributed by atoms with E-state index in [4.69, 9.17) is 4.74 Å². The summed E-state index contributed by atoms with van der Waals surface area (Å²) in [4.78, 5) is 28.0. The Bertz CT molecular complexity index is 1010. The van der Waals surface area contributed by atoms with Gasteiger partial charge in [0.05, 0.1) is 24.5 Å². The SMILES string of the molecule is COC(=O)[C@H]1C(=O)C2=C(C[C@H]1C)Nc1ccccc1N[C@@H]2c1ccc(N(C)C)cc1. The molecular weight excluding hydrogens is 378 g/mol. The first-order valence-electron chi connectivity index (χ1n) is 10.2. The van der Waals surface area contributed by atoms with Crippen LogP contribution in [0.15, 0.2) is 59.8 Å². The second kappa shape index (κ2) is 7.86. The standard InChI is InChI=1S/C24H27N3O3/c1-14-13-19-21(23(28)20(14)24(29)30-4)22(15-9-11-16(12-10-15)27(2)3)26-18-8-6-5-7-17(18)25-19/h5-12,14,20,22,25-26H,13H2,1-4H3/t14-,20-,22-/m1/s1. The highest BCUT2D eigenvalue weighted by atomic mass is 16.5. The lowest BCUT2D eigenvalue weighted by atomic mass is 9.75. The molecule has 0 spiro atoms. The van der Waals surface area contributed by atoms with Crippen molar-refractivity contribution in [3.8, 4) is 0 Å². The van der Waals surface area contributed by atoms with Crippen molar-refractivity contribution >= 4 is 28.8 Å². The number of ether oxygens (including phenoxy) is 1. The quantitative estimate of drug-likeness (QED) is 0.595. The number of hydrogen-bond acceptors (Lipinski definition) is 6. The van der Waals surface area contributed by atoms with Crippen LogP contribution < -0.4 is 15.5 Å². The number of carbonyl (C=O) groups is 2. The van der Waals surface area contributed by atoms with Gasteiger partial charge >= 0.3 is 5.97 Å². The molecule has 0 aromatic heterocycles. The van der Waals surface area contributed by atoms with Gasteiger partial charge in [-0.1, -0.05) is 31.2 Å². The van der Waals surface area contributed by atoms with E-state index in [9.17, 15) is 9.59 Å². The van der Waals surface area contributed by atoms with Crippen molar-refractivity contribution in [3.05, 3.63) is 65.4 Å². The Morgan fingerprint density at radius 1 is 1.07 bits per heavy atom. The van der Waals surface area contributed by atoms with Crippen LogP contribution in [0.2, 0.25) is 0 Å². The number of methoxy groups -OCH3 is 1. The minimum atomic E-state index is -0.790. The van der Waals surface area contributed by atoms with Crippen molar-refractivity contribution in [2.45, 2.75) is 19.4 Å². The Morgan fingerprint density at radius 3 is 2.37 bits per heavy atom. The van der Waals surface area contributed by atoms with Crippen molar-refractivity contribution in [1.82, 2.24) is 0 Å². The maximum Gasteiger partial charge on any atom is 0.316 e. The van der Waals surface area contributed by atoms with Crippen LogP contribution in [0.4, 0.5) is 17.1 Å². The first kappa shape index (κ1) is 20.0. The molecule has 0 saturated heterocycles. The van der Waals surface area contributed by atoms with Gasteiger partial charge < -0.3 is 20.3 Å². The molecule has 1 heterocycles. The van der Waals surface area contributed by atoms with Crippen molar-refractivity contribution in [3.63, 3.8) is 0 Å². The molecule has 0 amide bonds. The maximum absolute atomic E-state index is 13.6. The lowest BCUT2D eigenvalue weighted by molar-refractivity contribution is -0.151.